The Morgan fingerprint density at radius 2 is 2.19 bits per heavy atom. The lowest BCUT2D eigenvalue weighted by atomic mass is 10.1. The van der Waals surface area contributed by atoms with Gasteiger partial charge in [-0.1, -0.05) is 28.3 Å². The summed E-state index contributed by atoms with van der Waals surface area (Å²) in [6.45, 7) is -0.266. The summed E-state index contributed by atoms with van der Waals surface area (Å²) in [5.41, 5.74) is 8.15. The van der Waals surface area contributed by atoms with Crippen LogP contribution < -0.4 is 0 Å². The number of nitrogens with zero attached hydrogens (tertiary/aromatic N) is 4. The van der Waals surface area contributed by atoms with E-state index in [2.05, 4.69) is 15.0 Å². The van der Waals surface area contributed by atoms with Crippen LogP contribution in [0.3, 0.4) is 0 Å². The molecule has 1 rings (SSSR count). The molecule has 1 aromatic heterocycles. The van der Waals surface area contributed by atoms with Crippen molar-refractivity contribution in [3.63, 3.8) is 0 Å². The van der Waals surface area contributed by atoms with Crippen molar-refractivity contribution in [3.8, 4) is 0 Å². The molecule has 1 heterocycles. The van der Waals surface area contributed by atoms with E-state index in [-0.39, 0.29) is 17.3 Å². The summed E-state index contributed by atoms with van der Waals surface area (Å²) in [5.74, 6) is 0. The highest BCUT2D eigenvalue weighted by atomic mass is 35.5. The van der Waals surface area contributed by atoms with Crippen molar-refractivity contribution in [2.75, 3.05) is 6.54 Å². The van der Waals surface area contributed by atoms with Crippen LogP contribution in [-0.2, 0) is 0 Å². The maximum Gasteiger partial charge on any atom is 0.123 e. The Balaban J connectivity index is 2.86. The molecule has 0 saturated heterocycles. The third-order valence-corrected chi connectivity index (χ3v) is 2.32. The summed E-state index contributed by atoms with van der Waals surface area (Å²) in [6.07, 6.45) is -1.29. The smallest absolute Gasteiger partial charge is 0.123 e. The van der Waals surface area contributed by atoms with Crippen LogP contribution in [0.15, 0.2) is 17.4 Å². The van der Waals surface area contributed by atoms with Gasteiger partial charge in [0.25, 0.3) is 0 Å². The van der Waals surface area contributed by atoms with Crippen LogP contribution in [-0.4, -0.2) is 27.8 Å². The molecule has 16 heavy (non-hydrogen) atoms. The summed E-state index contributed by atoms with van der Waals surface area (Å²) in [7, 11) is 0. The Kier molecular flexibility index (Phi) is 4.79. The number of halogens is 2. The van der Waals surface area contributed by atoms with Crippen molar-refractivity contribution in [1.82, 2.24) is 4.98 Å². The molecule has 0 bridgehead atoms. The molecule has 1 aromatic rings. The second-order valence-electron chi connectivity index (χ2n) is 2.95. The van der Waals surface area contributed by atoms with Gasteiger partial charge in [-0.25, -0.2) is 0 Å². The van der Waals surface area contributed by atoms with Gasteiger partial charge in [0.05, 0.1) is 28.4 Å². The molecule has 0 fully saturated rings. The average molecular weight is 263 g/mol. The van der Waals surface area contributed by atoms with Crippen molar-refractivity contribution in [3.05, 3.63) is 38.4 Å². The van der Waals surface area contributed by atoms with Crippen molar-refractivity contribution in [1.29, 1.82) is 0 Å². The number of rotatable bonds is 4. The van der Waals surface area contributed by atoms with Crippen LogP contribution >= 0.6 is 23.2 Å². The van der Waals surface area contributed by atoms with E-state index in [1.54, 1.807) is 0 Å². The predicted molar refractivity (Wildman–Crippen MR) is 59.2 cm³/mol. The molecular formula is C8H8Cl2N4O2. The van der Waals surface area contributed by atoms with Crippen LogP contribution in [0.5, 0.6) is 0 Å². The van der Waals surface area contributed by atoms with Crippen molar-refractivity contribution in [2.45, 2.75) is 12.2 Å². The third kappa shape index (κ3) is 3.23. The third-order valence-electron chi connectivity index (χ3n) is 1.81. The summed E-state index contributed by atoms with van der Waals surface area (Å²) < 4.78 is 0. The molecule has 0 aromatic carbocycles. The second kappa shape index (κ2) is 5.89. The van der Waals surface area contributed by atoms with Gasteiger partial charge in [-0.3, -0.25) is 4.98 Å². The van der Waals surface area contributed by atoms with Crippen molar-refractivity contribution in [2.24, 2.45) is 5.11 Å². The molecule has 0 aliphatic rings. The molecule has 0 radical (unpaired) electrons. The molecule has 0 aliphatic heterocycles. The normalized spacial score (nSPS) is 14.0. The minimum absolute atomic E-state index is 0.0895. The molecule has 0 aliphatic carbocycles. The van der Waals surface area contributed by atoms with Crippen molar-refractivity contribution >= 4 is 23.2 Å². The SMILES string of the molecule is [N-]=[N+]=NCC(O)C(O)c1ncc(Cl)cc1Cl. The standard InChI is InChI=1S/C8H8Cl2N4O2/c9-4-1-5(10)7(12-2-4)8(16)6(15)3-13-14-11/h1-2,6,8,15-16H,3H2. The van der Waals surface area contributed by atoms with Gasteiger partial charge in [0.1, 0.15) is 6.10 Å². The van der Waals surface area contributed by atoms with E-state index in [9.17, 15) is 10.2 Å². The molecule has 0 saturated carbocycles. The van der Waals surface area contributed by atoms with Gasteiger partial charge in [-0.05, 0) is 11.6 Å². The minimum atomic E-state index is -1.32. The van der Waals surface area contributed by atoms with Crippen molar-refractivity contribution < 1.29 is 10.2 Å². The van der Waals surface area contributed by atoms with E-state index in [1.807, 2.05) is 0 Å². The molecule has 2 unspecified atom stereocenters. The van der Waals surface area contributed by atoms with Gasteiger partial charge in [0.15, 0.2) is 0 Å². The molecule has 0 amide bonds. The highest BCUT2D eigenvalue weighted by Crippen LogP contribution is 2.25. The first-order valence-corrected chi connectivity index (χ1v) is 4.99. The molecule has 86 valence electrons. The summed E-state index contributed by atoms with van der Waals surface area (Å²) in [4.78, 5) is 6.27. The first-order valence-electron chi connectivity index (χ1n) is 4.24. The van der Waals surface area contributed by atoms with E-state index in [0.29, 0.717) is 5.02 Å². The minimum Gasteiger partial charge on any atom is -0.390 e. The maximum atomic E-state index is 9.66. The largest absolute Gasteiger partial charge is 0.390 e. The topological polar surface area (TPSA) is 102 Å². The monoisotopic (exact) mass is 262 g/mol. The Labute approximate surface area is 101 Å². The number of aliphatic hydroxyl groups excluding tert-OH is 2. The number of aromatic nitrogens is 1. The molecule has 8 heteroatoms. The Morgan fingerprint density at radius 3 is 2.75 bits per heavy atom. The van der Waals surface area contributed by atoms with Gasteiger partial charge < -0.3 is 10.2 Å². The number of pyridine rings is 1. The fourth-order valence-electron chi connectivity index (χ4n) is 1.05. The highest BCUT2D eigenvalue weighted by Gasteiger charge is 2.21. The van der Waals surface area contributed by atoms with Gasteiger partial charge in [-0.2, -0.15) is 0 Å². The van der Waals surface area contributed by atoms with Gasteiger partial charge in [0, 0.05) is 11.1 Å². The zero-order chi connectivity index (χ0) is 12.1. The predicted octanol–water partition coefficient (Wildman–Crippen LogP) is 2.09. The number of hydrogen-bond acceptors (Lipinski definition) is 4. The van der Waals surface area contributed by atoms with E-state index in [4.69, 9.17) is 28.7 Å². The Morgan fingerprint density at radius 1 is 1.50 bits per heavy atom. The zero-order valence-electron chi connectivity index (χ0n) is 7.96. The van der Waals surface area contributed by atoms with Gasteiger partial charge >= 0.3 is 0 Å². The molecule has 0 spiro atoms. The molecule has 6 nitrogen and oxygen atoms in total. The van der Waals surface area contributed by atoms with Crippen LogP contribution in [0.4, 0.5) is 0 Å². The quantitative estimate of drug-likeness (QED) is 0.493. The van der Waals surface area contributed by atoms with E-state index in [1.165, 1.54) is 12.3 Å². The van der Waals surface area contributed by atoms with Crippen LogP contribution in [0.1, 0.15) is 11.8 Å². The van der Waals surface area contributed by atoms with Gasteiger partial charge in [0.2, 0.25) is 0 Å². The highest BCUT2D eigenvalue weighted by molar-refractivity contribution is 6.34. The Bertz CT molecular complexity index is 422. The fourth-order valence-corrected chi connectivity index (χ4v) is 1.54. The van der Waals surface area contributed by atoms with E-state index >= 15 is 0 Å². The van der Waals surface area contributed by atoms with Crippen LogP contribution in [0, 0.1) is 0 Å². The second-order valence-corrected chi connectivity index (χ2v) is 3.79. The van der Waals surface area contributed by atoms with E-state index < -0.39 is 12.2 Å². The van der Waals surface area contributed by atoms with Crippen LogP contribution in [0.25, 0.3) is 10.4 Å². The van der Waals surface area contributed by atoms with Gasteiger partial charge in [-0.15, -0.1) is 0 Å². The lowest BCUT2D eigenvalue weighted by Crippen LogP contribution is -2.22. The number of azide groups is 1. The summed E-state index contributed by atoms with van der Waals surface area (Å²) in [6, 6.07) is 1.40. The lowest BCUT2D eigenvalue weighted by Gasteiger charge is -2.16. The number of hydrogen-bond donors (Lipinski definition) is 2. The Hall–Kier alpha value is -1.04. The molecule has 2 atom stereocenters. The molecule has 2 N–H and O–H groups in total. The lowest BCUT2D eigenvalue weighted by molar-refractivity contribution is 0.0218. The summed E-state index contributed by atoms with van der Waals surface area (Å²) in [5, 5.41) is 22.7. The zero-order valence-corrected chi connectivity index (χ0v) is 9.47. The first kappa shape index (κ1) is 13.0. The van der Waals surface area contributed by atoms with Crippen LogP contribution in [0.2, 0.25) is 10.0 Å². The van der Waals surface area contributed by atoms with E-state index in [0.717, 1.165) is 0 Å². The number of aliphatic hydroxyl groups is 2. The maximum absolute atomic E-state index is 9.66. The fraction of sp³-hybridized carbons (Fsp3) is 0.375. The first-order chi connectivity index (χ1) is 7.56. The molecular weight excluding hydrogens is 255 g/mol. The summed E-state index contributed by atoms with van der Waals surface area (Å²) >= 11 is 11.4. The average Bonchev–Trinajstić information content (AvgIpc) is 2.25.